The lowest BCUT2D eigenvalue weighted by Gasteiger charge is -2.20. The molecule has 0 aliphatic heterocycles. The van der Waals surface area contributed by atoms with Crippen LogP contribution < -0.4 is 10.9 Å². The molecule has 0 saturated carbocycles. The predicted molar refractivity (Wildman–Crippen MR) is 166 cm³/mol. The molecule has 0 saturated heterocycles. The van der Waals surface area contributed by atoms with E-state index in [0.29, 0.717) is 21.5 Å². The lowest BCUT2D eigenvalue weighted by Crippen LogP contribution is -2.07. The van der Waals surface area contributed by atoms with E-state index < -0.39 is 0 Å². The topological polar surface area (TPSA) is 34.1 Å². The van der Waals surface area contributed by atoms with Gasteiger partial charge in [-0.1, -0.05) is 50.1 Å². The molecule has 0 aromatic heterocycles. The quantitative estimate of drug-likeness (QED) is 0.115. The van der Waals surface area contributed by atoms with Crippen molar-refractivity contribution in [2.75, 3.05) is 0 Å². The number of hydrogen-bond acceptors (Lipinski definition) is 2. The largest absolute Gasteiger partial charge is 0.289 e. The molecule has 0 aliphatic rings. The highest BCUT2D eigenvalue weighted by Crippen LogP contribution is 2.50. The van der Waals surface area contributed by atoms with Crippen LogP contribution in [0.25, 0.3) is 75.4 Å². The van der Waals surface area contributed by atoms with Gasteiger partial charge in [0.15, 0.2) is 10.9 Å². The van der Waals surface area contributed by atoms with Crippen LogP contribution in [0.3, 0.4) is 0 Å². The molecular formula is C30H10Br4O2. The van der Waals surface area contributed by atoms with Crippen molar-refractivity contribution < 1.29 is 0 Å². The van der Waals surface area contributed by atoms with Gasteiger partial charge in [-0.05, 0) is 117 Å². The summed E-state index contributed by atoms with van der Waals surface area (Å²) in [5.41, 5.74) is 0.00875. The summed E-state index contributed by atoms with van der Waals surface area (Å²) in [6.07, 6.45) is 0. The Labute approximate surface area is 236 Å². The fourth-order valence-electron chi connectivity index (χ4n) is 6.12. The number of rotatable bonds is 0. The Hall–Kier alpha value is -2.38. The molecule has 8 aromatic carbocycles. The molecule has 0 N–H and O–H groups in total. The highest BCUT2D eigenvalue weighted by atomic mass is 79.9. The van der Waals surface area contributed by atoms with E-state index >= 15 is 0 Å². The highest BCUT2D eigenvalue weighted by molar-refractivity contribution is 9.13. The molecule has 0 spiro atoms. The zero-order valence-electron chi connectivity index (χ0n) is 18.1. The van der Waals surface area contributed by atoms with E-state index in [1.165, 1.54) is 0 Å². The first-order valence-corrected chi connectivity index (χ1v) is 14.4. The standard InChI is InChI=1S/C30H10Br4O2/c31-12-5-7-14-16(9-12)18-10-19-25-21-11(4-6-15(22(18)21)29(14)35)8-17-13-2-1-3-20(32)23(13)30(36)26(24(17)25)28(34)27(19)33/h1-10H. The van der Waals surface area contributed by atoms with Gasteiger partial charge in [-0.2, -0.15) is 0 Å². The normalized spacial score (nSPS) is 12.7. The maximum Gasteiger partial charge on any atom is 0.196 e. The van der Waals surface area contributed by atoms with Crippen LogP contribution in [0.4, 0.5) is 0 Å². The Bertz CT molecular complexity index is 2390. The number of hydrogen-bond donors (Lipinski definition) is 0. The first-order valence-electron chi connectivity index (χ1n) is 11.2. The second-order valence-corrected chi connectivity index (χ2v) is 12.6. The van der Waals surface area contributed by atoms with Gasteiger partial charge in [-0.3, -0.25) is 9.59 Å². The first-order chi connectivity index (χ1) is 17.4. The minimum Gasteiger partial charge on any atom is -0.289 e. The maximum absolute atomic E-state index is 13.9. The molecule has 8 aromatic rings. The number of benzene rings is 8. The fourth-order valence-corrected chi connectivity index (χ4v) is 8.13. The summed E-state index contributed by atoms with van der Waals surface area (Å²) in [4.78, 5) is 27.6. The SMILES string of the molecule is O=c1c2ccc(Br)cc2c2cc3c(Br)c(Br)c4c(=O)c5c(Br)cccc5c5cc6ccc1c2c6c3c45. The summed E-state index contributed by atoms with van der Waals surface area (Å²) < 4.78 is 3.29. The van der Waals surface area contributed by atoms with Crippen molar-refractivity contribution in [1.29, 1.82) is 0 Å². The van der Waals surface area contributed by atoms with Gasteiger partial charge in [-0.15, -0.1) is 0 Å². The van der Waals surface area contributed by atoms with E-state index in [-0.39, 0.29) is 10.9 Å². The molecule has 0 unspecified atom stereocenters. The first kappa shape index (κ1) is 21.7. The number of halogens is 4. The van der Waals surface area contributed by atoms with E-state index in [1.54, 1.807) is 0 Å². The van der Waals surface area contributed by atoms with Crippen molar-refractivity contribution in [3.05, 3.63) is 99.0 Å². The lowest BCUT2D eigenvalue weighted by atomic mass is 9.84. The fraction of sp³-hybridized carbons (Fsp3) is 0. The average Bonchev–Trinajstić information content (AvgIpc) is 2.87. The summed E-state index contributed by atoms with van der Waals surface area (Å²) in [5.74, 6) is 0. The smallest absolute Gasteiger partial charge is 0.196 e. The molecule has 0 bridgehead atoms. The zero-order chi connectivity index (χ0) is 24.6. The molecule has 8 rings (SSSR count). The van der Waals surface area contributed by atoms with Gasteiger partial charge in [0.2, 0.25) is 0 Å². The summed E-state index contributed by atoms with van der Waals surface area (Å²) in [7, 11) is 0. The zero-order valence-corrected chi connectivity index (χ0v) is 24.4. The van der Waals surface area contributed by atoms with Crippen molar-refractivity contribution in [2.45, 2.75) is 0 Å². The number of fused-ring (bicyclic) bond motifs is 4. The maximum atomic E-state index is 13.9. The van der Waals surface area contributed by atoms with Gasteiger partial charge in [0.05, 0.1) is 0 Å². The van der Waals surface area contributed by atoms with E-state index in [2.05, 4.69) is 75.9 Å². The minimum absolute atomic E-state index is 0.0200. The van der Waals surface area contributed by atoms with Gasteiger partial charge < -0.3 is 0 Å². The van der Waals surface area contributed by atoms with Crippen LogP contribution in [-0.2, 0) is 0 Å². The van der Waals surface area contributed by atoms with Gasteiger partial charge in [0.1, 0.15) is 0 Å². The molecule has 0 amide bonds. The molecule has 6 heteroatoms. The second-order valence-electron chi connectivity index (χ2n) is 9.25. The van der Waals surface area contributed by atoms with Crippen molar-refractivity contribution in [1.82, 2.24) is 0 Å². The van der Waals surface area contributed by atoms with Crippen LogP contribution in [0.2, 0.25) is 0 Å². The Morgan fingerprint density at radius 2 is 1.19 bits per heavy atom. The van der Waals surface area contributed by atoms with E-state index in [0.717, 1.165) is 71.8 Å². The van der Waals surface area contributed by atoms with Gasteiger partial charge in [-0.25, -0.2) is 0 Å². The second kappa shape index (κ2) is 7.13. The monoisotopic (exact) mass is 718 g/mol. The van der Waals surface area contributed by atoms with E-state index in [4.69, 9.17) is 0 Å². The lowest BCUT2D eigenvalue weighted by molar-refractivity contribution is 1.66. The van der Waals surface area contributed by atoms with Gasteiger partial charge in [0, 0.05) is 50.2 Å². The molecule has 0 heterocycles. The third-order valence-electron chi connectivity index (χ3n) is 7.55. The van der Waals surface area contributed by atoms with Crippen LogP contribution in [0.15, 0.2) is 88.1 Å². The van der Waals surface area contributed by atoms with E-state index in [9.17, 15) is 9.59 Å². The third-order valence-corrected chi connectivity index (χ3v) is 10.9. The molecule has 0 atom stereocenters. The van der Waals surface area contributed by atoms with Crippen molar-refractivity contribution in [2.24, 2.45) is 0 Å². The molecular weight excluding hydrogens is 712 g/mol. The molecule has 170 valence electrons. The van der Waals surface area contributed by atoms with Crippen LogP contribution in [0.1, 0.15) is 0 Å². The molecule has 0 fully saturated rings. The Morgan fingerprint density at radius 1 is 0.444 bits per heavy atom. The summed E-state index contributed by atoms with van der Waals surface area (Å²) in [5, 5.41) is 12.6. The Kier molecular flexibility index (Phi) is 4.30. The predicted octanol–water partition coefficient (Wildman–Crippen LogP) is 9.84. The average molecular weight is 722 g/mol. The molecule has 0 aliphatic carbocycles. The Morgan fingerprint density at radius 3 is 2.03 bits per heavy atom. The van der Waals surface area contributed by atoms with Gasteiger partial charge >= 0.3 is 0 Å². The summed E-state index contributed by atoms with van der Waals surface area (Å²) in [6, 6.07) is 20.1. The molecule has 2 nitrogen and oxygen atoms in total. The van der Waals surface area contributed by atoms with Crippen LogP contribution in [-0.4, -0.2) is 0 Å². The summed E-state index contributed by atoms with van der Waals surface area (Å²) in [6.45, 7) is 0. The van der Waals surface area contributed by atoms with Crippen molar-refractivity contribution >= 4 is 139 Å². The van der Waals surface area contributed by atoms with Crippen molar-refractivity contribution in [3.63, 3.8) is 0 Å². The molecule has 0 radical (unpaired) electrons. The minimum atomic E-state index is -0.0200. The van der Waals surface area contributed by atoms with Crippen LogP contribution in [0, 0.1) is 0 Å². The summed E-state index contributed by atoms with van der Waals surface area (Å²) >= 11 is 14.8. The van der Waals surface area contributed by atoms with Gasteiger partial charge in [0.25, 0.3) is 0 Å². The van der Waals surface area contributed by atoms with E-state index in [1.807, 2.05) is 48.5 Å². The highest BCUT2D eigenvalue weighted by Gasteiger charge is 2.25. The Balaban J connectivity index is 1.83. The van der Waals surface area contributed by atoms with Crippen LogP contribution in [0.5, 0.6) is 0 Å². The van der Waals surface area contributed by atoms with Crippen LogP contribution >= 0.6 is 63.7 Å². The van der Waals surface area contributed by atoms with Crippen molar-refractivity contribution in [3.8, 4) is 0 Å². The molecule has 36 heavy (non-hydrogen) atoms. The third kappa shape index (κ3) is 2.47.